The second-order valence-electron chi connectivity index (χ2n) is 12.7. The highest BCUT2D eigenvalue weighted by Gasteiger charge is 2.66. The van der Waals surface area contributed by atoms with Gasteiger partial charge in [0.25, 0.3) is 0 Å². The lowest BCUT2D eigenvalue weighted by atomic mass is 9.61. The Hall–Kier alpha value is -2.00. The van der Waals surface area contributed by atoms with Crippen molar-refractivity contribution in [3.63, 3.8) is 0 Å². The minimum Gasteiger partial charge on any atom is -0.390 e. The summed E-state index contributed by atoms with van der Waals surface area (Å²) in [7, 11) is 0. The fourth-order valence-electron chi connectivity index (χ4n) is 6.65. The number of rotatable bonds is 7. The van der Waals surface area contributed by atoms with Crippen molar-refractivity contribution in [1.82, 2.24) is 10.6 Å². The van der Waals surface area contributed by atoms with E-state index in [0.29, 0.717) is 30.5 Å². The molecule has 3 aliphatic rings. The van der Waals surface area contributed by atoms with E-state index >= 15 is 0 Å². The smallest absolute Gasteiger partial charge is 0.237 e. The van der Waals surface area contributed by atoms with Crippen LogP contribution in [0.5, 0.6) is 0 Å². The number of carbonyl (C=O) groups excluding carboxylic acids is 2. The highest BCUT2D eigenvalue weighted by Crippen LogP contribution is 2.55. The van der Waals surface area contributed by atoms with Crippen LogP contribution < -0.4 is 16.0 Å². The normalized spacial score (nSPS) is 33.3. The molecule has 0 radical (unpaired) electrons. The SMILES string of the molecule is CC(/C=C\C=C(\Cl)CF)[C@H]1[C@H](C(=O)N[C@H]2C[C@@](C)(O)C2)N[C@H](CC(C)(C)C)[C@]12C(=O)Nc1cc(Cl)c(F)cc12. The van der Waals surface area contributed by atoms with Gasteiger partial charge in [-0.3, -0.25) is 9.59 Å². The van der Waals surface area contributed by atoms with Crippen molar-refractivity contribution in [3.8, 4) is 0 Å². The third-order valence-corrected chi connectivity index (χ3v) is 8.67. The number of amides is 2. The quantitative estimate of drug-likeness (QED) is 0.324. The number of alkyl halides is 1. The Kier molecular flexibility index (Phi) is 8.27. The standard InChI is InChI=1S/C29H37Cl2F2N3O3/c1-15(7-6-8-16(30)14-32)23-24(25(37)34-17-11-28(5,39)12-17)36-22(13-27(2,3)4)29(23)18-9-20(33)19(31)10-21(18)35-26(29)38/h6-10,15,17,22-24,36,39H,11-14H2,1-5H3,(H,34,37)(H,35,38)/b7-6-,16-8+/t15?,17-,22-,23+,24-,28+,29+/m1/s1. The molecule has 10 heteroatoms. The van der Waals surface area contributed by atoms with Crippen LogP contribution >= 0.6 is 23.2 Å². The number of nitrogens with one attached hydrogen (secondary N) is 3. The van der Waals surface area contributed by atoms with Gasteiger partial charge in [0, 0.05) is 28.7 Å². The molecule has 5 atom stereocenters. The van der Waals surface area contributed by atoms with Crippen LogP contribution in [0, 0.1) is 23.1 Å². The first-order valence-electron chi connectivity index (χ1n) is 13.3. The lowest BCUT2D eigenvalue weighted by molar-refractivity contribution is -0.128. The number of benzene rings is 1. The van der Waals surface area contributed by atoms with E-state index in [1.54, 1.807) is 19.1 Å². The van der Waals surface area contributed by atoms with Gasteiger partial charge in [-0.25, -0.2) is 8.78 Å². The summed E-state index contributed by atoms with van der Waals surface area (Å²) in [6, 6.07) is 1.22. The minimum absolute atomic E-state index is 0.0234. The monoisotopic (exact) mass is 583 g/mol. The van der Waals surface area contributed by atoms with Gasteiger partial charge in [-0.15, -0.1) is 0 Å². The zero-order chi connectivity index (χ0) is 28.9. The van der Waals surface area contributed by atoms with E-state index in [9.17, 15) is 23.5 Å². The molecule has 1 unspecified atom stereocenters. The molecule has 1 spiro atoms. The van der Waals surface area contributed by atoms with Gasteiger partial charge < -0.3 is 21.1 Å². The Bertz CT molecular complexity index is 1200. The third-order valence-electron chi connectivity index (χ3n) is 8.15. The first-order valence-corrected chi connectivity index (χ1v) is 14.0. The van der Waals surface area contributed by atoms with Gasteiger partial charge in [-0.1, -0.05) is 63.0 Å². The predicted molar refractivity (Wildman–Crippen MR) is 150 cm³/mol. The van der Waals surface area contributed by atoms with E-state index in [4.69, 9.17) is 23.2 Å². The van der Waals surface area contributed by atoms with Crippen LogP contribution in [0.25, 0.3) is 0 Å². The average molecular weight is 585 g/mol. The molecule has 2 amide bonds. The van der Waals surface area contributed by atoms with Gasteiger partial charge in [0.15, 0.2) is 0 Å². The first kappa shape index (κ1) is 30.0. The Balaban J connectivity index is 1.84. The zero-order valence-electron chi connectivity index (χ0n) is 22.9. The van der Waals surface area contributed by atoms with Crippen molar-refractivity contribution in [2.45, 2.75) is 83.0 Å². The van der Waals surface area contributed by atoms with E-state index in [1.165, 1.54) is 18.2 Å². The fourth-order valence-corrected chi connectivity index (χ4v) is 6.88. The maximum atomic E-state index is 14.9. The molecule has 39 heavy (non-hydrogen) atoms. The summed E-state index contributed by atoms with van der Waals surface area (Å²) in [5, 5.41) is 19.5. The highest BCUT2D eigenvalue weighted by atomic mass is 35.5. The first-order chi connectivity index (χ1) is 18.1. The van der Waals surface area contributed by atoms with Crippen LogP contribution in [-0.2, 0) is 15.0 Å². The van der Waals surface area contributed by atoms with Gasteiger partial charge in [-0.05, 0) is 61.3 Å². The fraction of sp³-hybridized carbons (Fsp3) is 0.586. The van der Waals surface area contributed by atoms with Crippen molar-refractivity contribution < 1.29 is 23.5 Å². The third kappa shape index (κ3) is 5.76. The van der Waals surface area contributed by atoms with Gasteiger partial charge in [-0.2, -0.15) is 0 Å². The summed E-state index contributed by atoms with van der Waals surface area (Å²) in [5.74, 6) is -2.29. The van der Waals surface area contributed by atoms with Crippen molar-refractivity contribution in [2.24, 2.45) is 17.3 Å². The van der Waals surface area contributed by atoms with E-state index in [-0.39, 0.29) is 33.3 Å². The molecule has 214 valence electrons. The number of anilines is 1. The molecule has 0 aromatic heterocycles. The maximum Gasteiger partial charge on any atom is 0.237 e. The van der Waals surface area contributed by atoms with Crippen LogP contribution in [0.15, 0.2) is 35.4 Å². The lowest BCUT2D eigenvalue weighted by Gasteiger charge is -2.42. The van der Waals surface area contributed by atoms with E-state index in [2.05, 4.69) is 16.0 Å². The van der Waals surface area contributed by atoms with Crippen LogP contribution in [0.3, 0.4) is 0 Å². The van der Waals surface area contributed by atoms with Gasteiger partial charge in [0.05, 0.1) is 22.1 Å². The summed E-state index contributed by atoms with van der Waals surface area (Å²) in [5.41, 5.74) is -1.48. The summed E-state index contributed by atoms with van der Waals surface area (Å²) >= 11 is 11.9. The average Bonchev–Trinajstić information content (AvgIpc) is 3.27. The topological polar surface area (TPSA) is 90.5 Å². The Morgan fingerprint density at radius 3 is 2.59 bits per heavy atom. The molecule has 2 fully saturated rings. The Morgan fingerprint density at radius 1 is 1.33 bits per heavy atom. The van der Waals surface area contributed by atoms with Gasteiger partial charge in [0.1, 0.15) is 12.5 Å². The summed E-state index contributed by atoms with van der Waals surface area (Å²) in [6.07, 6.45) is 6.23. The molecule has 1 aliphatic carbocycles. The van der Waals surface area contributed by atoms with Crippen LogP contribution in [0.4, 0.5) is 14.5 Å². The summed E-state index contributed by atoms with van der Waals surface area (Å²) in [6.45, 7) is 8.94. The number of hydrogen-bond acceptors (Lipinski definition) is 4. The molecular weight excluding hydrogens is 547 g/mol. The molecule has 0 bridgehead atoms. The molecule has 1 aromatic rings. The number of aliphatic hydroxyl groups is 1. The highest BCUT2D eigenvalue weighted by molar-refractivity contribution is 6.31. The van der Waals surface area contributed by atoms with Crippen molar-refractivity contribution in [1.29, 1.82) is 0 Å². The second kappa shape index (κ2) is 10.8. The largest absolute Gasteiger partial charge is 0.390 e. The predicted octanol–water partition coefficient (Wildman–Crippen LogP) is 5.38. The molecule has 1 saturated carbocycles. The molecule has 4 rings (SSSR count). The molecule has 2 heterocycles. The van der Waals surface area contributed by atoms with Gasteiger partial charge in [0.2, 0.25) is 11.8 Å². The molecule has 4 N–H and O–H groups in total. The van der Waals surface area contributed by atoms with Crippen molar-refractivity contribution in [2.75, 3.05) is 12.0 Å². The molecular formula is C29H37Cl2F2N3O3. The molecule has 6 nitrogen and oxygen atoms in total. The van der Waals surface area contributed by atoms with Gasteiger partial charge >= 0.3 is 0 Å². The van der Waals surface area contributed by atoms with Crippen molar-refractivity contribution in [3.05, 3.63) is 51.8 Å². The molecule has 1 saturated heterocycles. The number of hydrogen-bond donors (Lipinski definition) is 4. The lowest BCUT2D eigenvalue weighted by Crippen LogP contribution is -2.58. The number of carbonyl (C=O) groups is 2. The Labute approximate surface area is 238 Å². The number of allylic oxidation sites excluding steroid dienone is 4. The van der Waals surface area contributed by atoms with Crippen LogP contribution in [-0.4, -0.2) is 47.3 Å². The van der Waals surface area contributed by atoms with Crippen LogP contribution in [0.2, 0.25) is 5.02 Å². The number of fused-ring (bicyclic) bond motifs is 2. The summed E-state index contributed by atoms with van der Waals surface area (Å²) < 4.78 is 27.9. The zero-order valence-corrected chi connectivity index (χ0v) is 24.4. The second-order valence-corrected chi connectivity index (χ2v) is 13.6. The minimum atomic E-state index is -1.29. The van der Waals surface area contributed by atoms with E-state index < -0.39 is 47.4 Å². The van der Waals surface area contributed by atoms with Crippen LogP contribution in [0.1, 0.15) is 59.4 Å². The maximum absolute atomic E-state index is 14.9. The Morgan fingerprint density at radius 2 is 2.00 bits per heavy atom. The van der Waals surface area contributed by atoms with Crippen molar-refractivity contribution >= 4 is 40.7 Å². The molecule has 1 aromatic carbocycles. The van der Waals surface area contributed by atoms with E-state index in [0.717, 1.165) is 0 Å². The van der Waals surface area contributed by atoms with E-state index in [1.807, 2.05) is 27.7 Å². The summed E-state index contributed by atoms with van der Waals surface area (Å²) in [4.78, 5) is 27.9. The number of halogens is 4. The molecule has 2 aliphatic heterocycles.